The van der Waals surface area contributed by atoms with Crippen LogP contribution in [0.15, 0.2) is 54.4 Å². The zero-order valence-electron chi connectivity index (χ0n) is 14.5. The van der Waals surface area contributed by atoms with Crippen LogP contribution in [0.5, 0.6) is 0 Å². The van der Waals surface area contributed by atoms with Crippen LogP contribution in [0.25, 0.3) is 16.3 Å². The van der Waals surface area contributed by atoms with Crippen LogP contribution in [0.2, 0.25) is 0 Å². The van der Waals surface area contributed by atoms with Gasteiger partial charge in [0.05, 0.1) is 17.7 Å². The van der Waals surface area contributed by atoms with Gasteiger partial charge in [0.25, 0.3) is 5.56 Å². The van der Waals surface area contributed by atoms with E-state index in [9.17, 15) is 4.79 Å². The summed E-state index contributed by atoms with van der Waals surface area (Å²) in [6.07, 6.45) is 6.00. The van der Waals surface area contributed by atoms with E-state index in [0.29, 0.717) is 33.7 Å². The Morgan fingerprint density at radius 1 is 1.33 bits per heavy atom. The lowest BCUT2D eigenvalue weighted by Crippen LogP contribution is -2.22. The first kappa shape index (κ1) is 18.1. The number of aliphatic hydroxyl groups excluding tert-OH is 1. The van der Waals surface area contributed by atoms with E-state index in [1.807, 2.05) is 0 Å². The van der Waals surface area contributed by atoms with Crippen molar-refractivity contribution in [3.63, 3.8) is 0 Å². The highest BCUT2D eigenvalue weighted by Crippen LogP contribution is 2.22. The van der Waals surface area contributed by atoms with E-state index in [4.69, 9.17) is 16.6 Å². The second kappa shape index (κ2) is 7.67. The number of nitrogens with zero attached hydrogens (tertiary/aromatic N) is 4. The first-order valence-corrected chi connectivity index (χ1v) is 8.11. The van der Waals surface area contributed by atoms with Crippen molar-refractivity contribution in [2.45, 2.75) is 6.54 Å². The number of nitrogen functional groups attached to an aromatic ring is 1. The number of rotatable bonds is 6. The van der Waals surface area contributed by atoms with Gasteiger partial charge in [-0.1, -0.05) is 12.7 Å². The predicted octanol–water partition coefficient (Wildman–Crippen LogP) is 0.990. The van der Waals surface area contributed by atoms with Crippen LogP contribution in [-0.2, 0) is 6.54 Å². The molecule has 0 fully saturated rings. The van der Waals surface area contributed by atoms with E-state index in [2.05, 4.69) is 26.8 Å². The summed E-state index contributed by atoms with van der Waals surface area (Å²) in [5.74, 6) is 1.01. The van der Waals surface area contributed by atoms with Crippen LogP contribution in [0, 0.1) is 0 Å². The molecule has 0 radical (unpaired) electrons. The van der Waals surface area contributed by atoms with Crippen LogP contribution in [0.1, 0.15) is 5.69 Å². The molecule has 27 heavy (non-hydrogen) atoms. The molecule has 9 heteroatoms. The zero-order valence-corrected chi connectivity index (χ0v) is 14.5. The average molecular weight is 365 g/mol. The third-order valence-electron chi connectivity index (χ3n) is 3.95. The summed E-state index contributed by atoms with van der Waals surface area (Å²) < 4.78 is 1.39. The molecule has 6 N–H and O–H groups in total. The molecule has 9 nitrogen and oxygen atoms in total. The van der Waals surface area contributed by atoms with Gasteiger partial charge in [0.1, 0.15) is 23.8 Å². The lowest BCUT2D eigenvalue weighted by Gasteiger charge is -2.10. The van der Waals surface area contributed by atoms with Gasteiger partial charge in [0, 0.05) is 30.6 Å². The van der Waals surface area contributed by atoms with E-state index in [0.717, 1.165) is 0 Å². The maximum Gasteiger partial charge on any atom is 0.262 e. The Hall–Kier alpha value is -3.72. The summed E-state index contributed by atoms with van der Waals surface area (Å²) in [5.41, 5.74) is 12.5. The van der Waals surface area contributed by atoms with Crippen LogP contribution in [0.3, 0.4) is 0 Å². The molecular weight excluding hydrogens is 346 g/mol. The van der Waals surface area contributed by atoms with Gasteiger partial charge in [0.2, 0.25) is 0 Å². The molecule has 0 amide bonds. The van der Waals surface area contributed by atoms with Gasteiger partial charge in [0.15, 0.2) is 0 Å². The minimum Gasteiger partial charge on any atom is -0.404 e. The molecule has 0 aromatic carbocycles. The molecule has 3 heterocycles. The SMILES string of the molecule is C=C/C(=C\N)c1cc(Nc2cc3ccn(CCO)c(=O)c3c(N)n2)ncn1. The fraction of sp³-hybridized carbons (Fsp3) is 0.111. The van der Waals surface area contributed by atoms with Crippen molar-refractivity contribution in [2.24, 2.45) is 5.73 Å². The highest BCUT2D eigenvalue weighted by Gasteiger charge is 2.10. The molecule has 0 saturated heterocycles. The van der Waals surface area contributed by atoms with E-state index in [1.54, 1.807) is 30.5 Å². The minimum atomic E-state index is -0.300. The summed E-state index contributed by atoms with van der Waals surface area (Å²) in [6, 6.07) is 5.14. The van der Waals surface area contributed by atoms with E-state index < -0.39 is 0 Å². The molecule has 0 spiro atoms. The molecule has 0 unspecified atom stereocenters. The van der Waals surface area contributed by atoms with Crippen molar-refractivity contribution in [3.8, 4) is 0 Å². The van der Waals surface area contributed by atoms with Gasteiger partial charge >= 0.3 is 0 Å². The second-order valence-corrected chi connectivity index (χ2v) is 5.63. The number of aromatic nitrogens is 4. The maximum atomic E-state index is 12.5. The average Bonchev–Trinajstić information content (AvgIpc) is 2.65. The monoisotopic (exact) mass is 365 g/mol. The molecule has 0 aliphatic rings. The number of pyridine rings is 2. The maximum absolute atomic E-state index is 12.5. The number of fused-ring (bicyclic) bond motifs is 1. The van der Waals surface area contributed by atoms with Crippen molar-refractivity contribution in [2.75, 3.05) is 17.7 Å². The van der Waals surface area contributed by atoms with Crippen molar-refractivity contribution >= 4 is 33.8 Å². The molecule has 0 bridgehead atoms. The molecule has 3 rings (SSSR count). The van der Waals surface area contributed by atoms with Crippen LogP contribution >= 0.6 is 0 Å². The molecule has 0 saturated carbocycles. The number of nitrogens with one attached hydrogen (secondary N) is 1. The summed E-state index contributed by atoms with van der Waals surface area (Å²) in [6.45, 7) is 3.74. The zero-order chi connectivity index (χ0) is 19.4. The first-order valence-electron chi connectivity index (χ1n) is 8.11. The van der Waals surface area contributed by atoms with E-state index >= 15 is 0 Å². The number of hydrogen-bond acceptors (Lipinski definition) is 8. The number of aliphatic hydroxyl groups is 1. The fourth-order valence-electron chi connectivity index (χ4n) is 2.65. The highest BCUT2D eigenvalue weighted by atomic mass is 16.3. The molecule has 3 aromatic heterocycles. The standard InChI is InChI=1S/C18H19N7O2/c1-2-11(9-19)13-8-14(22-10-21-13)23-15-7-12-3-4-25(5-6-26)18(27)16(12)17(20)24-15/h2-4,7-10,26H,1,5-6,19H2,(H3,20,21,22,23,24)/b11-9+. The largest absolute Gasteiger partial charge is 0.404 e. The molecule has 3 aromatic rings. The van der Waals surface area contributed by atoms with Gasteiger partial charge in [-0.05, 0) is 17.5 Å². The normalized spacial score (nSPS) is 11.5. The highest BCUT2D eigenvalue weighted by molar-refractivity contribution is 5.92. The Balaban J connectivity index is 1.99. The van der Waals surface area contributed by atoms with E-state index in [-0.39, 0.29) is 24.5 Å². The van der Waals surface area contributed by atoms with Crippen LogP contribution in [-0.4, -0.2) is 31.2 Å². The summed E-state index contributed by atoms with van der Waals surface area (Å²) in [7, 11) is 0. The van der Waals surface area contributed by atoms with E-state index in [1.165, 1.54) is 17.1 Å². The molecule has 138 valence electrons. The summed E-state index contributed by atoms with van der Waals surface area (Å²) in [5, 5.41) is 13.0. The molecule has 0 aliphatic heterocycles. The van der Waals surface area contributed by atoms with Crippen molar-refractivity contribution in [1.82, 2.24) is 19.5 Å². The predicted molar refractivity (Wildman–Crippen MR) is 105 cm³/mol. The lowest BCUT2D eigenvalue weighted by molar-refractivity contribution is 0.274. The summed E-state index contributed by atoms with van der Waals surface area (Å²) >= 11 is 0. The number of anilines is 3. The first-order chi connectivity index (χ1) is 13.1. The minimum absolute atomic E-state index is 0.0928. The van der Waals surface area contributed by atoms with Gasteiger partial charge in [-0.3, -0.25) is 4.79 Å². The molecule has 0 atom stereocenters. The molecular formula is C18H19N7O2. The van der Waals surface area contributed by atoms with Crippen molar-refractivity contribution in [1.29, 1.82) is 0 Å². The Bertz CT molecular complexity index is 1090. The smallest absolute Gasteiger partial charge is 0.262 e. The van der Waals surface area contributed by atoms with Gasteiger partial charge in [-0.15, -0.1) is 0 Å². The topological polar surface area (TPSA) is 145 Å². The Morgan fingerprint density at radius 2 is 2.15 bits per heavy atom. The number of hydrogen-bond donors (Lipinski definition) is 4. The third kappa shape index (κ3) is 3.62. The Kier molecular flexibility index (Phi) is 5.13. The lowest BCUT2D eigenvalue weighted by atomic mass is 10.2. The van der Waals surface area contributed by atoms with Crippen LogP contribution in [0.4, 0.5) is 17.5 Å². The van der Waals surface area contributed by atoms with Gasteiger partial charge in [-0.2, -0.15) is 0 Å². The number of nitrogens with two attached hydrogens (primary N) is 2. The fourth-order valence-corrected chi connectivity index (χ4v) is 2.65. The third-order valence-corrected chi connectivity index (χ3v) is 3.95. The van der Waals surface area contributed by atoms with Crippen molar-refractivity contribution in [3.05, 3.63) is 65.6 Å². The Labute approximate surface area is 154 Å². The number of allylic oxidation sites excluding steroid dienone is 2. The molecule has 0 aliphatic carbocycles. The summed E-state index contributed by atoms with van der Waals surface area (Å²) in [4.78, 5) is 25.0. The van der Waals surface area contributed by atoms with Crippen LogP contribution < -0.4 is 22.3 Å². The quantitative estimate of drug-likeness (QED) is 0.473. The van der Waals surface area contributed by atoms with Crippen molar-refractivity contribution < 1.29 is 5.11 Å². The van der Waals surface area contributed by atoms with Gasteiger partial charge in [-0.25, -0.2) is 15.0 Å². The Morgan fingerprint density at radius 3 is 2.85 bits per heavy atom. The van der Waals surface area contributed by atoms with Gasteiger partial charge < -0.3 is 26.5 Å². The second-order valence-electron chi connectivity index (χ2n) is 5.63.